The summed E-state index contributed by atoms with van der Waals surface area (Å²) in [6.07, 6.45) is 6.35. The van der Waals surface area contributed by atoms with E-state index < -0.39 is 0 Å². The van der Waals surface area contributed by atoms with Crippen molar-refractivity contribution in [3.8, 4) is 0 Å². The second kappa shape index (κ2) is 7.86. The molecule has 16 heavy (non-hydrogen) atoms. The molecule has 90 valence electrons. The molecule has 0 amide bonds. The number of halogens is 1. The summed E-state index contributed by atoms with van der Waals surface area (Å²) in [6, 6.07) is 9.10. The maximum Gasteiger partial charge on any atom is 0.0207 e. The summed E-state index contributed by atoms with van der Waals surface area (Å²) in [7, 11) is 2.06. The highest BCUT2D eigenvalue weighted by molar-refractivity contribution is 9.10. The summed E-state index contributed by atoms with van der Waals surface area (Å²) < 4.78 is 1.23. The largest absolute Gasteiger partial charge is 0.317 e. The number of hydrogen-bond donors (Lipinski definition) is 1. The first kappa shape index (κ1) is 13.7. The lowest BCUT2D eigenvalue weighted by molar-refractivity contribution is 0.489. The van der Waals surface area contributed by atoms with Crippen LogP contribution in [0.1, 0.15) is 38.2 Å². The van der Waals surface area contributed by atoms with E-state index in [-0.39, 0.29) is 0 Å². The van der Waals surface area contributed by atoms with E-state index in [9.17, 15) is 0 Å². The van der Waals surface area contributed by atoms with Crippen molar-refractivity contribution >= 4 is 15.9 Å². The smallest absolute Gasteiger partial charge is 0.0207 e. The Morgan fingerprint density at radius 3 is 2.62 bits per heavy atom. The maximum absolute atomic E-state index is 3.61. The first-order valence-corrected chi connectivity index (χ1v) is 6.98. The topological polar surface area (TPSA) is 12.0 Å². The van der Waals surface area contributed by atoms with Crippen LogP contribution >= 0.6 is 15.9 Å². The molecular formula is C14H22BrN. The summed E-state index contributed by atoms with van der Waals surface area (Å²) in [4.78, 5) is 0. The van der Waals surface area contributed by atoms with Crippen LogP contribution in [0.3, 0.4) is 0 Å². The highest BCUT2D eigenvalue weighted by Crippen LogP contribution is 2.19. The molecule has 1 unspecified atom stereocenters. The third-order valence-corrected chi connectivity index (χ3v) is 3.76. The molecule has 0 aliphatic heterocycles. The zero-order chi connectivity index (χ0) is 11.8. The van der Waals surface area contributed by atoms with E-state index in [2.05, 4.69) is 59.5 Å². The number of unbranched alkanes of at least 4 members (excludes halogenated alkanes) is 2. The van der Waals surface area contributed by atoms with E-state index in [1.165, 1.54) is 35.7 Å². The number of benzene rings is 1. The van der Waals surface area contributed by atoms with Crippen LogP contribution in [0.15, 0.2) is 28.7 Å². The van der Waals surface area contributed by atoms with E-state index in [1.54, 1.807) is 0 Å². The normalized spacial score (nSPS) is 12.7. The van der Waals surface area contributed by atoms with Gasteiger partial charge in [0.1, 0.15) is 0 Å². The quantitative estimate of drug-likeness (QED) is 0.741. The SMILES string of the molecule is CCCCCC(Cc1ccccc1Br)NC. The van der Waals surface area contributed by atoms with Crippen LogP contribution in [0.2, 0.25) is 0 Å². The summed E-state index contributed by atoms with van der Waals surface area (Å²) in [5.74, 6) is 0. The van der Waals surface area contributed by atoms with Gasteiger partial charge in [0.25, 0.3) is 0 Å². The molecule has 0 bridgehead atoms. The number of hydrogen-bond acceptors (Lipinski definition) is 1. The van der Waals surface area contributed by atoms with Crippen LogP contribution in [0, 0.1) is 0 Å². The second-order valence-corrected chi connectivity index (χ2v) is 5.13. The molecular weight excluding hydrogens is 262 g/mol. The molecule has 1 rings (SSSR count). The fraction of sp³-hybridized carbons (Fsp3) is 0.571. The molecule has 0 heterocycles. The summed E-state index contributed by atoms with van der Waals surface area (Å²) in [5.41, 5.74) is 1.40. The van der Waals surface area contributed by atoms with Gasteiger partial charge in [0.15, 0.2) is 0 Å². The first-order chi connectivity index (χ1) is 7.77. The molecule has 0 fully saturated rings. The Morgan fingerprint density at radius 2 is 2.00 bits per heavy atom. The number of nitrogens with one attached hydrogen (secondary N) is 1. The molecule has 0 spiro atoms. The monoisotopic (exact) mass is 283 g/mol. The van der Waals surface area contributed by atoms with Crippen LogP contribution in [0.25, 0.3) is 0 Å². The highest BCUT2D eigenvalue weighted by Gasteiger charge is 2.08. The minimum absolute atomic E-state index is 0.602. The van der Waals surface area contributed by atoms with Crippen molar-refractivity contribution in [2.75, 3.05) is 7.05 Å². The highest BCUT2D eigenvalue weighted by atomic mass is 79.9. The van der Waals surface area contributed by atoms with Gasteiger partial charge in [-0.3, -0.25) is 0 Å². The van der Waals surface area contributed by atoms with Crippen molar-refractivity contribution in [1.82, 2.24) is 5.32 Å². The van der Waals surface area contributed by atoms with Crippen molar-refractivity contribution in [2.24, 2.45) is 0 Å². The Hall–Kier alpha value is -0.340. The van der Waals surface area contributed by atoms with Crippen LogP contribution in [-0.4, -0.2) is 13.1 Å². The molecule has 0 aliphatic carbocycles. The molecule has 0 radical (unpaired) electrons. The fourth-order valence-electron chi connectivity index (χ4n) is 1.92. The van der Waals surface area contributed by atoms with E-state index in [0.29, 0.717) is 6.04 Å². The molecule has 0 aromatic heterocycles. The standard InChI is InChI=1S/C14H22BrN/c1-3-4-5-9-13(16-2)11-12-8-6-7-10-14(12)15/h6-8,10,13,16H,3-5,9,11H2,1-2H3. The summed E-state index contributed by atoms with van der Waals surface area (Å²) in [5, 5.41) is 3.42. The molecule has 1 nitrogen and oxygen atoms in total. The molecule has 1 atom stereocenters. The Morgan fingerprint density at radius 1 is 1.25 bits per heavy atom. The zero-order valence-corrected chi connectivity index (χ0v) is 11.9. The maximum atomic E-state index is 3.61. The number of likely N-dealkylation sites (N-methyl/N-ethyl adjacent to an activating group) is 1. The Bertz CT molecular complexity index is 299. The first-order valence-electron chi connectivity index (χ1n) is 6.18. The predicted molar refractivity (Wildman–Crippen MR) is 74.8 cm³/mol. The van der Waals surface area contributed by atoms with E-state index in [0.717, 1.165) is 6.42 Å². The van der Waals surface area contributed by atoms with Gasteiger partial charge in [0, 0.05) is 10.5 Å². The second-order valence-electron chi connectivity index (χ2n) is 4.28. The average molecular weight is 284 g/mol. The van der Waals surface area contributed by atoms with Gasteiger partial charge in [0.05, 0.1) is 0 Å². The third-order valence-electron chi connectivity index (χ3n) is 2.99. The number of rotatable bonds is 7. The molecule has 1 aromatic carbocycles. The lowest BCUT2D eigenvalue weighted by atomic mass is 10.0. The van der Waals surface area contributed by atoms with Gasteiger partial charge in [-0.1, -0.05) is 60.3 Å². The van der Waals surface area contributed by atoms with Crippen LogP contribution in [-0.2, 0) is 6.42 Å². The van der Waals surface area contributed by atoms with Crippen molar-refractivity contribution in [3.63, 3.8) is 0 Å². The molecule has 2 heteroatoms. The Kier molecular flexibility index (Phi) is 6.74. The van der Waals surface area contributed by atoms with Gasteiger partial charge in [-0.25, -0.2) is 0 Å². The van der Waals surface area contributed by atoms with Gasteiger partial charge >= 0.3 is 0 Å². The van der Waals surface area contributed by atoms with Gasteiger partial charge < -0.3 is 5.32 Å². The van der Waals surface area contributed by atoms with Crippen LogP contribution in [0.5, 0.6) is 0 Å². The lowest BCUT2D eigenvalue weighted by Gasteiger charge is -2.16. The van der Waals surface area contributed by atoms with Crippen molar-refractivity contribution in [2.45, 2.75) is 45.1 Å². The predicted octanol–water partition coefficient (Wildman–Crippen LogP) is 4.16. The fourth-order valence-corrected chi connectivity index (χ4v) is 2.37. The average Bonchev–Trinajstić information content (AvgIpc) is 2.30. The van der Waals surface area contributed by atoms with Crippen LogP contribution in [0.4, 0.5) is 0 Å². The Balaban J connectivity index is 2.46. The van der Waals surface area contributed by atoms with Gasteiger partial charge in [-0.05, 0) is 31.5 Å². The summed E-state index contributed by atoms with van der Waals surface area (Å²) >= 11 is 3.61. The third kappa shape index (κ3) is 4.67. The minimum atomic E-state index is 0.602. The molecule has 0 saturated heterocycles. The van der Waals surface area contributed by atoms with Crippen LogP contribution < -0.4 is 5.32 Å². The van der Waals surface area contributed by atoms with Gasteiger partial charge in [-0.15, -0.1) is 0 Å². The van der Waals surface area contributed by atoms with E-state index in [4.69, 9.17) is 0 Å². The van der Waals surface area contributed by atoms with Gasteiger partial charge in [-0.2, -0.15) is 0 Å². The van der Waals surface area contributed by atoms with E-state index in [1.807, 2.05) is 0 Å². The molecule has 0 saturated carbocycles. The zero-order valence-electron chi connectivity index (χ0n) is 10.3. The molecule has 0 aliphatic rings. The lowest BCUT2D eigenvalue weighted by Crippen LogP contribution is -2.27. The molecule has 1 aromatic rings. The van der Waals surface area contributed by atoms with Crippen molar-refractivity contribution in [3.05, 3.63) is 34.3 Å². The Labute approximate surface area is 108 Å². The molecule has 1 N–H and O–H groups in total. The van der Waals surface area contributed by atoms with Crippen molar-refractivity contribution < 1.29 is 0 Å². The minimum Gasteiger partial charge on any atom is -0.317 e. The van der Waals surface area contributed by atoms with Crippen molar-refractivity contribution in [1.29, 1.82) is 0 Å². The van der Waals surface area contributed by atoms with Gasteiger partial charge in [0.2, 0.25) is 0 Å². The summed E-state index contributed by atoms with van der Waals surface area (Å²) in [6.45, 7) is 2.25. The van der Waals surface area contributed by atoms with E-state index >= 15 is 0 Å².